The topological polar surface area (TPSA) is 9.23 Å². The van der Waals surface area contributed by atoms with Gasteiger partial charge in [0.15, 0.2) is 0 Å². The Labute approximate surface area is 68.7 Å². The zero-order valence-electron chi connectivity index (χ0n) is 7.06. The molecule has 0 aromatic rings. The molecule has 1 nitrogen and oxygen atoms in total. The van der Waals surface area contributed by atoms with Gasteiger partial charge in [-0.25, -0.2) is 0 Å². The molecule has 2 unspecified atom stereocenters. The number of alkyl halides is 1. The van der Waals surface area contributed by atoms with Gasteiger partial charge < -0.3 is 4.74 Å². The molecule has 0 fully saturated rings. The molecule has 0 aliphatic heterocycles. The molecule has 0 radical (unpaired) electrons. The van der Waals surface area contributed by atoms with E-state index in [1.165, 1.54) is 0 Å². The maximum absolute atomic E-state index is 5.66. The van der Waals surface area contributed by atoms with Gasteiger partial charge in [-0.3, -0.25) is 0 Å². The Hall–Kier alpha value is 0.250. The van der Waals surface area contributed by atoms with Crippen LogP contribution < -0.4 is 0 Å². The Balaban J connectivity index is 3.27. The summed E-state index contributed by atoms with van der Waals surface area (Å²) < 4.78 is 5.01. The monoisotopic (exact) mass is 164 g/mol. The van der Waals surface area contributed by atoms with E-state index < -0.39 is 0 Å². The van der Waals surface area contributed by atoms with Crippen LogP contribution in [0.5, 0.6) is 0 Å². The number of methoxy groups -OCH3 is 1. The molecule has 0 aromatic heterocycles. The van der Waals surface area contributed by atoms with Crippen LogP contribution in [0, 0.1) is 11.8 Å². The summed E-state index contributed by atoms with van der Waals surface area (Å²) >= 11 is 5.66. The lowest BCUT2D eigenvalue weighted by Crippen LogP contribution is -2.09. The quantitative estimate of drug-likeness (QED) is 0.568. The van der Waals surface area contributed by atoms with Crippen LogP contribution in [0.25, 0.3) is 0 Å². The first-order chi connectivity index (χ1) is 4.70. The van der Waals surface area contributed by atoms with E-state index in [1.54, 1.807) is 7.11 Å². The van der Waals surface area contributed by atoms with Gasteiger partial charge in [-0.2, -0.15) is 0 Å². The van der Waals surface area contributed by atoms with Gasteiger partial charge in [0, 0.05) is 19.6 Å². The first kappa shape index (κ1) is 10.2. The van der Waals surface area contributed by atoms with Crippen molar-refractivity contribution >= 4 is 11.6 Å². The molecule has 0 spiro atoms. The Morgan fingerprint density at radius 1 is 1.30 bits per heavy atom. The summed E-state index contributed by atoms with van der Waals surface area (Å²) in [6.07, 6.45) is 1.16. The van der Waals surface area contributed by atoms with Crippen molar-refractivity contribution < 1.29 is 4.74 Å². The van der Waals surface area contributed by atoms with Crippen molar-refractivity contribution in [1.29, 1.82) is 0 Å². The average molecular weight is 165 g/mol. The van der Waals surface area contributed by atoms with Crippen molar-refractivity contribution in [3.05, 3.63) is 0 Å². The number of hydrogen-bond acceptors (Lipinski definition) is 1. The number of rotatable bonds is 5. The highest BCUT2D eigenvalue weighted by Gasteiger charge is 2.06. The minimum Gasteiger partial charge on any atom is -0.384 e. The Morgan fingerprint density at radius 3 is 2.30 bits per heavy atom. The molecule has 0 rings (SSSR count). The fourth-order valence-corrected chi connectivity index (χ4v) is 1.23. The van der Waals surface area contributed by atoms with Crippen LogP contribution in [-0.2, 0) is 4.74 Å². The Morgan fingerprint density at radius 2 is 1.90 bits per heavy atom. The summed E-state index contributed by atoms with van der Waals surface area (Å²) in [6.45, 7) is 5.20. The van der Waals surface area contributed by atoms with E-state index in [0.717, 1.165) is 18.9 Å². The van der Waals surface area contributed by atoms with E-state index in [0.29, 0.717) is 11.8 Å². The van der Waals surface area contributed by atoms with E-state index in [1.807, 2.05) is 0 Å². The van der Waals surface area contributed by atoms with Crippen molar-refractivity contribution in [2.24, 2.45) is 11.8 Å². The Kier molecular flexibility index (Phi) is 6.14. The number of halogens is 1. The fraction of sp³-hybridized carbons (Fsp3) is 1.00. The minimum absolute atomic E-state index is 0.617. The molecule has 0 heterocycles. The van der Waals surface area contributed by atoms with E-state index in [2.05, 4.69) is 13.8 Å². The van der Waals surface area contributed by atoms with E-state index >= 15 is 0 Å². The van der Waals surface area contributed by atoms with Crippen molar-refractivity contribution in [2.45, 2.75) is 20.3 Å². The lowest BCUT2D eigenvalue weighted by Gasteiger charge is -2.13. The second-order valence-corrected chi connectivity index (χ2v) is 3.36. The maximum Gasteiger partial charge on any atom is 0.0487 e. The molecule has 0 saturated carbocycles. The molecule has 0 amide bonds. The van der Waals surface area contributed by atoms with Crippen molar-refractivity contribution in [3.63, 3.8) is 0 Å². The second-order valence-electron chi connectivity index (χ2n) is 3.06. The number of hydrogen-bond donors (Lipinski definition) is 0. The first-order valence-corrected chi connectivity index (χ1v) is 4.29. The molecule has 0 aliphatic rings. The zero-order valence-corrected chi connectivity index (χ0v) is 7.82. The van der Waals surface area contributed by atoms with Crippen LogP contribution in [-0.4, -0.2) is 19.6 Å². The summed E-state index contributed by atoms with van der Waals surface area (Å²) in [6, 6.07) is 0. The summed E-state index contributed by atoms with van der Waals surface area (Å²) in [5.74, 6) is 2.01. The SMILES string of the molecule is COCC(C)CC(C)CCl. The smallest absolute Gasteiger partial charge is 0.0487 e. The zero-order chi connectivity index (χ0) is 7.98. The predicted octanol–water partition coefficient (Wildman–Crippen LogP) is 2.53. The number of ether oxygens (including phenoxy) is 1. The van der Waals surface area contributed by atoms with E-state index in [4.69, 9.17) is 16.3 Å². The van der Waals surface area contributed by atoms with Crippen LogP contribution in [0.2, 0.25) is 0 Å². The van der Waals surface area contributed by atoms with Gasteiger partial charge >= 0.3 is 0 Å². The van der Waals surface area contributed by atoms with Crippen LogP contribution in [0.4, 0.5) is 0 Å². The molecule has 2 atom stereocenters. The van der Waals surface area contributed by atoms with Gasteiger partial charge in [0.25, 0.3) is 0 Å². The molecular weight excluding hydrogens is 148 g/mol. The molecule has 0 bridgehead atoms. The molecular formula is C8H17ClO. The highest BCUT2D eigenvalue weighted by molar-refractivity contribution is 6.18. The van der Waals surface area contributed by atoms with E-state index in [9.17, 15) is 0 Å². The Bertz CT molecular complexity index is 75.7. The lowest BCUT2D eigenvalue weighted by atomic mass is 10.00. The van der Waals surface area contributed by atoms with Gasteiger partial charge in [-0.15, -0.1) is 11.6 Å². The summed E-state index contributed by atoms with van der Waals surface area (Å²) in [7, 11) is 1.74. The highest BCUT2D eigenvalue weighted by Crippen LogP contribution is 2.12. The maximum atomic E-state index is 5.66. The second kappa shape index (κ2) is 5.99. The standard InChI is InChI=1S/C8H17ClO/c1-7(5-9)4-8(2)6-10-3/h7-8H,4-6H2,1-3H3. The molecule has 62 valence electrons. The normalized spacial score (nSPS) is 16.8. The molecule has 2 heteroatoms. The molecule has 0 N–H and O–H groups in total. The largest absolute Gasteiger partial charge is 0.384 e. The highest BCUT2D eigenvalue weighted by atomic mass is 35.5. The first-order valence-electron chi connectivity index (χ1n) is 3.75. The van der Waals surface area contributed by atoms with Crippen molar-refractivity contribution in [2.75, 3.05) is 19.6 Å². The summed E-state index contributed by atoms with van der Waals surface area (Å²) in [4.78, 5) is 0. The van der Waals surface area contributed by atoms with Crippen LogP contribution >= 0.6 is 11.6 Å². The summed E-state index contributed by atoms with van der Waals surface area (Å²) in [5, 5.41) is 0. The van der Waals surface area contributed by atoms with Gasteiger partial charge in [0.2, 0.25) is 0 Å². The predicted molar refractivity (Wildman–Crippen MR) is 45.5 cm³/mol. The van der Waals surface area contributed by atoms with Crippen LogP contribution in [0.3, 0.4) is 0 Å². The van der Waals surface area contributed by atoms with Crippen LogP contribution in [0.1, 0.15) is 20.3 Å². The third-order valence-corrected chi connectivity index (χ3v) is 2.05. The van der Waals surface area contributed by atoms with Crippen LogP contribution in [0.15, 0.2) is 0 Å². The molecule has 0 saturated heterocycles. The van der Waals surface area contributed by atoms with Gasteiger partial charge in [-0.05, 0) is 18.3 Å². The van der Waals surface area contributed by atoms with E-state index in [-0.39, 0.29) is 0 Å². The summed E-state index contributed by atoms with van der Waals surface area (Å²) in [5.41, 5.74) is 0. The molecule has 0 aliphatic carbocycles. The van der Waals surface area contributed by atoms with Crippen molar-refractivity contribution in [3.8, 4) is 0 Å². The van der Waals surface area contributed by atoms with Gasteiger partial charge in [0.1, 0.15) is 0 Å². The van der Waals surface area contributed by atoms with Gasteiger partial charge in [0.05, 0.1) is 0 Å². The van der Waals surface area contributed by atoms with Crippen molar-refractivity contribution in [1.82, 2.24) is 0 Å². The lowest BCUT2D eigenvalue weighted by molar-refractivity contribution is 0.149. The minimum atomic E-state index is 0.617. The molecule has 10 heavy (non-hydrogen) atoms. The van der Waals surface area contributed by atoms with Gasteiger partial charge in [-0.1, -0.05) is 13.8 Å². The third-order valence-electron chi connectivity index (χ3n) is 1.52. The fourth-order valence-electron chi connectivity index (χ4n) is 1.10. The average Bonchev–Trinajstić information content (AvgIpc) is 1.88. The third kappa shape index (κ3) is 5.07. The molecule has 0 aromatic carbocycles.